The average Bonchev–Trinajstić information content (AvgIpc) is 2.60. The van der Waals surface area contributed by atoms with E-state index in [1.165, 1.54) is 0 Å². The van der Waals surface area contributed by atoms with Gasteiger partial charge in [-0.25, -0.2) is 0 Å². The number of hydrogen-bond acceptors (Lipinski definition) is 4. The Bertz CT molecular complexity index is 409. The number of aliphatic hydroxyl groups is 1. The van der Waals surface area contributed by atoms with Gasteiger partial charge in [-0.2, -0.15) is 0 Å². The molecule has 4 nitrogen and oxygen atoms in total. The van der Waals surface area contributed by atoms with Crippen LogP contribution >= 0.6 is 0 Å². The molecule has 0 saturated carbocycles. The average molecular weight is 208 g/mol. The van der Waals surface area contributed by atoms with Gasteiger partial charge >= 0.3 is 0 Å². The first-order valence-corrected chi connectivity index (χ1v) is 4.90. The van der Waals surface area contributed by atoms with Gasteiger partial charge in [0.1, 0.15) is 5.60 Å². The van der Waals surface area contributed by atoms with E-state index in [4.69, 9.17) is 14.2 Å². The molecule has 0 unspecified atom stereocenters. The molecule has 0 aromatic heterocycles. The van der Waals surface area contributed by atoms with E-state index in [0.29, 0.717) is 19.0 Å². The molecule has 80 valence electrons. The van der Waals surface area contributed by atoms with E-state index >= 15 is 0 Å². The van der Waals surface area contributed by atoms with Gasteiger partial charge in [0, 0.05) is 0 Å². The number of aryl methyl sites for hydroxylation is 1. The van der Waals surface area contributed by atoms with E-state index in [0.717, 1.165) is 16.9 Å². The van der Waals surface area contributed by atoms with Gasteiger partial charge in [-0.15, -0.1) is 0 Å². The predicted octanol–water partition coefficient (Wildman–Crippen LogP) is 0.942. The van der Waals surface area contributed by atoms with Crippen molar-refractivity contribution in [1.82, 2.24) is 0 Å². The summed E-state index contributed by atoms with van der Waals surface area (Å²) in [5, 5.41) is 10.2. The van der Waals surface area contributed by atoms with Crippen molar-refractivity contribution in [2.75, 3.05) is 20.0 Å². The van der Waals surface area contributed by atoms with Crippen molar-refractivity contribution in [1.29, 1.82) is 0 Å². The summed E-state index contributed by atoms with van der Waals surface area (Å²) in [5.41, 5.74) is 1.04. The van der Waals surface area contributed by atoms with Crippen LogP contribution in [0.5, 0.6) is 11.5 Å². The Balaban J connectivity index is 2.08. The third-order valence-corrected chi connectivity index (χ3v) is 2.90. The van der Waals surface area contributed by atoms with E-state index in [2.05, 4.69) is 0 Å². The van der Waals surface area contributed by atoms with Crippen LogP contribution in [0.4, 0.5) is 0 Å². The zero-order valence-corrected chi connectivity index (χ0v) is 8.45. The Morgan fingerprint density at radius 3 is 2.47 bits per heavy atom. The molecule has 0 amide bonds. The van der Waals surface area contributed by atoms with E-state index in [-0.39, 0.29) is 6.79 Å². The summed E-state index contributed by atoms with van der Waals surface area (Å²) in [5.74, 6) is 1.45. The molecule has 2 heterocycles. The van der Waals surface area contributed by atoms with Crippen LogP contribution in [-0.4, -0.2) is 25.1 Å². The van der Waals surface area contributed by atoms with E-state index in [9.17, 15) is 5.11 Å². The number of fused-ring (bicyclic) bond motifs is 1. The lowest BCUT2D eigenvalue weighted by Gasteiger charge is -2.37. The van der Waals surface area contributed by atoms with Crippen LogP contribution < -0.4 is 9.47 Å². The van der Waals surface area contributed by atoms with Gasteiger partial charge < -0.3 is 19.3 Å². The largest absolute Gasteiger partial charge is 0.454 e. The summed E-state index contributed by atoms with van der Waals surface area (Å²) < 4.78 is 15.6. The summed E-state index contributed by atoms with van der Waals surface area (Å²) in [6, 6.07) is 3.74. The molecular formula is C11H12O4. The summed E-state index contributed by atoms with van der Waals surface area (Å²) in [6.45, 7) is 2.92. The molecule has 0 atom stereocenters. The number of hydrogen-bond donors (Lipinski definition) is 1. The third kappa shape index (κ3) is 1.22. The van der Waals surface area contributed by atoms with Gasteiger partial charge in [-0.05, 0) is 30.2 Å². The normalized spacial score (nSPS) is 21.2. The maximum Gasteiger partial charge on any atom is 0.231 e. The van der Waals surface area contributed by atoms with Crippen LogP contribution in [0.2, 0.25) is 0 Å². The first-order valence-electron chi connectivity index (χ1n) is 4.90. The van der Waals surface area contributed by atoms with Crippen LogP contribution in [0.3, 0.4) is 0 Å². The fourth-order valence-corrected chi connectivity index (χ4v) is 2.00. The minimum atomic E-state index is -0.842. The topological polar surface area (TPSA) is 47.9 Å². The fourth-order valence-electron chi connectivity index (χ4n) is 2.00. The summed E-state index contributed by atoms with van der Waals surface area (Å²) in [4.78, 5) is 0. The molecule has 1 aromatic rings. The molecule has 0 aliphatic carbocycles. The van der Waals surface area contributed by atoms with Crippen molar-refractivity contribution in [3.63, 3.8) is 0 Å². The Kier molecular flexibility index (Phi) is 1.72. The lowest BCUT2D eigenvalue weighted by atomic mass is 9.88. The second kappa shape index (κ2) is 2.87. The highest BCUT2D eigenvalue weighted by atomic mass is 16.7. The monoisotopic (exact) mass is 208 g/mol. The highest BCUT2D eigenvalue weighted by molar-refractivity contribution is 5.50. The van der Waals surface area contributed by atoms with Crippen molar-refractivity contribution in [3.05, 3.63) is 23.3 Å². The Labute approximate surface area is 87.4 Å². The number of ether oxygens (including phenoxy) is 3. The minimum Gasteiger partial charge on any atom is -0.454 e. The van der Waals surface area contributed by atoms with Crippen LogP contribution in [-0.2, 0) is 10.3 Å². The van der Waals surface area contributed by atoms with Gasteiger partial charge in [-0.3, -0.25) is 0 Å². The second-order valence-corrected chi connectivity index (χ2v) is 4.04. The van der Waals surface area contributed by atoms with Gasteiger partial charge in [0.25, 0.3) is 0 Å². The molecule has 2 aliphatic rings. The molecule has 3 rings (SSSR count). The number of rotatable bonds is 1. The van der Waals surface area contributed by atoms with Crippen molar-refractivity contribution >= 4 is 0 Å². The summed E-state index contributed by atoms with van der Waals surface area (Å²) in [6.07, 6.45) is 0. The van der Waals surface area contributed by atoms with Crippen molar-refractivity contribution in [3.8, 4) is 11.5 Å². The van der Waals surface area contributed by atoms with Gasteiger partial charge in [-0.1, -0.05) is 0 Å². The first kappa shape index (κ1) is 9.00. The number of benzene rings is 1. The third-order valence-electron chi connectivity index (χ3n) is 2.90. The lowest BCUT2D eigenvalue weighted by Crippen LogP contribution is -2.46. The van der Waals surface area contributed by atoms with Crippen LogP contribution in [0.1, 0.15) is 11.1 Å². The minimum absolute atomic E-state index is 0.257. The van der Waals surface area contributed by atoms with E-state index in [1.54, 1.807) is 0 Å². The first-order chi connectivity index (χ1) is 7.19. The van der Waals surface area contributed by atoms with E-state index < -0.39 is 5.60 Å². The fraction of sp³-hybridized carbons (Fsp3) is 0.455. The van der Waals surface area contributed by atoms with Crippen molar-refractivity contribution in [2.45, 2.75) is 12.5 Å². The van der Waals surface area contributed by atoms with Crippen LogP contribution in [0.15, 0.2) is 12.1 Å². The van der Waals surface area contributed by atoms with Crippen molar-refractivity contribution in [2.24, 2.45) is 0 Å². The lowest BCUT2D eigenvalue weighted by molar-refractivity contribution is -0.185. The van der Waals surface area contributed by atoms with E-state index in [1.807, 2.05) is 19.1 Å². The maximum absolute atomic E-state index is 10.2. The molecule has 0 radical (unpaired) electrons. The predicted molar refractivity (Wildman–Crippen MR) is 52.0 cm³/mol. The molecule has 4 heteroatoms. The Hall–Kier alpha value is -1.26. The van der Waals surface area contributed by atoms with Crippen molar-refractivity contribution < 1.29 is 19.3 Å². The molecule has 15 heavy (non-hydrogen) atoms. The van der Waals surface area contributed by atoms with Gasteiger partial charge in [0.2, 0.25) is 6.79 Å². The molecule has 1 saturated heterocycles. The smallest absolute Gasteiger partial charge is 0.231 e. The molecule has 1 N–H and O–H groups in total. The SMILES string of the molecule is Cc1cc2c(cc1C1(O)COC1)OCO2. The zero-order chi connectivity index (χ0) is 10.5. The zero-order valence-electron chi connectivity index (χ0n) is 8.45. The summed E-state index contributed by atoms with van der Waals surface area (Å²) in [7, 11) is 0. The Morgan fingerprint density at radius 1 is 1.20 bits per heavy atom. The highest BCUT2D eigenvalue weighted by Crippen LogP contribution is 2.40. The maximum atomic E-state index is 10.2. The molecular weight excluding hydrogens is 196 g/mol. The van der Waals surface area contributed by atoms with Gasteiger partial charge in [0.05, 0.1) is 13.2 Å². The molecule has 0 bridgehead atoms. The molecule has 2 aliphatic heterocycles. The molecule has 1 aromatic carbocycles. The second-order valence-electron chi connectivity index (χ2n) is 4.04. The quantitative estimate of drug-likeness (QED) is 0.746. The summed E-state index contributed by atoms with van der Waals surface area (Å²) >= 11 is 0. The standard InChI is InChI=1S/C11H12O4/c1-7-2-9-10(15-6-14-9)3-8(7)11(12)4-13-5-11/h2-3,12H,4-6H2,1H3. The molecule has 0 spiro atoms. The van der Waals surface area contributed by atoms with Crippen LogP contribution in [0, 0.1) is 6.92 Å². The Morgan fingerprint density at radius 2 is 1.87 bits per heavy atom. The molecule has 1 fully saturated rings. The van der Waals surface area contributed by atoms with Gasteiger partial charge in [0.15, 0.2) is 11.5 Å². The highest BCUT2D eigenvalue weighted by Gasteiger charge is 2.40. The van der Waals surface area contributed by atoms with Crippen LogP contribution in [0.25, 0.3) is 0 Å².